The van der Waals surface area contributed by atoms with Gasteiger partial charge >= 0.3 is 0 Å². The molecule has 9 heteroatoms. The number of anilines is 1. The second-order valence-corrected chi connectivity index (χ2v) is 10.4. The molecule has 0 radical (unpaired) electrons. The number of carbonyl (C=O) groups excluding carboxylic acids is 2. The highest BCUT2D eigenvalue weighted by Crippen LogP contribution is 2.25. The van der Waals surface area contributed by atoms with E-state index in [0.717, 1.165) is 16.3 Å². The predicted molar refractivity (Wildman–Crippen MR) is 142 cm³/mol. The maximum atomic E-state index is 13.8. The lowest BCUT2D eigenvalue weighted by molar-refractivity contribution is -0.140. The second kappa shape index (κ2) is 12.5. The van der Waals surface area contributed by atoms with Crippen molar-refractivity contribution in [2.75, 3.05) is 17.9 Å². The van der Waals surface area contributed by atoms with E-state index >= 15 is 0 Å². The molecule has 2 amide bonds. The number of carbonyl (C=O) groups is 2. The van der Waals surface area contributed by atoms with E-state index in [9.17, 15) is 22.4 Å². The number of benzene rings is 3. The monoisotopic (exact) mass is 525 g/mol. The molecule has 37 heavy (non-hydrogen) atoms. The van der Waals surface area contributed by atoms with Gasteiger partial charge in [0.15, 0.2) is 0 Å². The molecular formula is C28H32FN3O4S. The molecule has 0 aliphatic heterocycles. The molecular weight excluding hydrogens is 493 g/mol. The van der Waals surface area contributed by atoms with Crippen molar-refractivity contribution in [2.24, 2.45) is 0 Å². The first-order valence-corrected chi connectivity index (χ1v) is 13.6. The minimum absolute atomic E-state index is 0.0129. The molecule has 0 heterocycles. The van der Waals surface area contributed by atoms with E-state index in [0.29, 0.717) is 17.7 Å². The average Bonchev–Trinajstić information content (AvgIpc) is 2.92. The minimum Gasteiger partial charge on any atom is -0.357 e. The summed E-state index contributed by atoms with van der Waals surface area (Å²) in [5.74, 6) is -1.35. The van der Waals surface area contributed by atoms with Gasteiger partial charge in [-0.15, -0.1) is 0 Å². The topological polar surface area (TPSA) is 86.8 Å². The lowest BCUT2D eigenvalue weighted by atomic mass is 10.1. The van der Waals surface area contributed by atoms with Crippen LogP contribution in [0.3, 0.4) is 0 Å². The summed E-state index contributed by atoms with van der Waals surface area (Å²) in [6.07, 6.45) is 1.09. The molecule has 3 rings (SSSR count). The summed E-state index contributed by atoms with van der Waals surface area (Å²) >= 11 is 0. The second-order valence-electron chi connectivity index (χ2n) is 8.53. The van der Waals surface area contributed by atoms with E-state index in [4.69, 9.17) is 0 Å². The Balaban J connectivity index is 2.04. The average molecular weight is 526 g/mol. The lowest BCUT2D eigenvalue weighted by Crippen LogP contribution is -2.51. The molecule has 1 N–H and O–H groups in total. The van der Waals surface area contributed by atoms with Crippen molar-refractivity contribution in [3.8, 4) is 0 Å². The number of amides is 2. The molecule has 3 aromatic rings. The van der Waals surface area contributed by atoms with Gasteiger partial charge in [-0.3, -0.25) is 13.9 Å². The molecule has 0 saturated heterocycles. The first-order valence-electron chi connectivity index (χ1n) is 12.1. The highest BCUT2D eigenvalue weighted by atomic mass is 32.2. The predicted octanol–water partition coefficient (Wildman–Crippen LogP) is 4.14. The fourth-order valence-corrected chi connectivity index (χ4v) is 5.45. The molecule has 0 unspecified atom stereocenters. The Labute approximate surface area is 218 Å². The number of sulfonamides is 1. The third-order valence-electron chi connectivity index (χ3n) is 6.14. The molecule has 196 valence electrons. The van der Waals surface area contributed by atoms with Crippen molar-refractivity contribution in [1.82, 2.24) is 10.2 Å². The summed E-state index contributed by atoms with van der Waals surface area (Å²) < 4.78 is 42.0. The van der Waals surface area contributed by atoms with Crippen molar-refractivity contribution >= 4 is 27.5 Å². The normalized spacial score (nSPS) is 12.0. The highest BCUT2D eigenvalue weighted by Gasteiger charge is 2.33. The number of halogens is 1. The number of nitrogens with zero attached hydrogens (tertiary/aromatic N) is 2. The van der Waals surface area contributed by atoms with Crippen LogP contribution in [-0.4, -0.2) is 44.8 Å². The van der Waals surface area contributed by atoms with Crippen LogP contribution in [0.15, 0.2) is 83.8 Å². The van der Waals surface area contributed by atoms with E-state index in [-0.39, 0.29) is 17.3 Å². The van der Waals surface area contributed by atoms with Gasteiger partial charge in [0.05, 0.1) is 10.6 Å². The Morgan fingerprint density at radius 1 is 0.892 bits per heavy atom. The van der Waals surface area contributed by atoms with Gasteiger partial charge in [-0.1, -0.05) is 56.3 Å². The Bertz CT molecular complexity index is 1300. The van der Waals surface area contributed by atoms with Crippen LogP contribution in [0.5, 0.6) is 0 Å². The summed E-state index contributed by atoms with van der Waals surface area (Å²) in [5, 5.41) is 2.58. The first kappa shape index (κ1) is 27.9. The van der Waals surface area contributed by atoms with Gasteiger partial charge in [-0.05, 0) is 60.4 Å². The Kier molecular flexibility index (Phi) is 9.41. The SMILES string of the molecule is CCc1ccc(N(CC(=O)N(Cc2ccc(F)cc2)[C@H](CC)C(=O)NC)S(=O)(=O)c2ccccc2)cc1. The third kappa shape index (κ3) is 6.74. The number of hydrogen-bond donors (Lipinski definition) is 1. The molecule has 0 spiro atoms. The van der Waals surface area contributed by atoms with E-state index < -0.39 is 34.3 Å². The van der Waals surface area contributed by atoms with Gasteiger partial charge < -0.3 is 10.2 Å². The minimum atomic E-state index is -4.10. The molecule has 3 aromatic carbocycles. The van der Waals surface area contributed by atoms with Crippen LogP contribution in [0.25, 0.3) is 0 Å². The zero-order valence-electron chi connectivity index (χ0n) is 21.2. The molecule has 0 bridgehead atoms. The van der Waals surface area contributed by atoms with Gasteiger partial charge in [-0.2, -0.15) is 0 Å². The summed E-state index contributed by atoms with van der Waals surface area (Å²) in [6.45, 7) is 3.26. The molecule has 0 fully saturated rings. The van der Waals surface area contributed by atoms with Crippen molar-refractivity contribution in [1.29, 1.82) is 0 Å². The molecule has 1 atom stereocenters. The van der Waals surface area contributed by atoms with E-state index in [1.807, 2.05) is 19.1 Å². The smallest absolute Gasteiger partial charge is 0.264 e. The van der Waals surface area contributed by atoms with E-state index in [1.165, 1.54) is 48.3 Å². The Hall–Kier alpha value is -3.72. The number of rotatable bonds is 11. The van der Waals surface area contributed by atoms with Crippen molar-refractivity contribution in [3.05, 3.63) is 95.8 Å². The van der Waals surface area contributed by atoms with Crippen LogP contribution in [0, 0.1) is 5.82 Å². The third-order valence-corrected chi connectivity index (χ3v) is 7.93. The maximum absolute atomic E-state index is 13.8. The number of hydrogen-bond acceptors (Lipinski definition) is 4. The van der Waals surface area contributed by atoms with Crippen LogP contribution in [0.1, 0.15) is 31.4 Å². The number of nitrogens with one attached hydrogen (secondary N) is 1. The summed E-state index contributed by atoms with van der Waals surface area (Å²) in [6, 6.07) is 19.7. The standard InChI is InChI=1S/C28H32FN3O4S/c1-4-21-13-17-24(18-14-21)32(37(35,36)25-9-7-6-8-10-25)20-27(33)31(26(5-2)28(34)30-3)19-22-11-15-23(29)16-12-22/h6-18,26H,4-5,19-20H2,1-3H3,(H,30,34)/t26-/m1/s1. The van der Waals surface area contributed by atoms with Gasteiger partial charge in [0.25, 0.3) is 10.0 Å². The van der Waals surface area contributed by atoms with E-state index in [1.54, 1.807) is 37.3 Å². The zero-order chi connectivity index (χ0) is 27.0. The largest absolute Gasteiger partial charge is 0.357 e. The van der Waals surface area contributed by atoms with Crippen molar-refractivity contribution in [3.63, 3.8) is 0 Å². The van der Waals surface area contributed by atoms with Crippen LogP contribution in [0.2, 0.25) is 0 Å². The summed E-state index contributed by atoms with van der Waals surface area (Å²) in [5.41, 5.74) is 1.97. The maximum Gasteiger partial charge on any atom is 0.264 e. The number of aryl methyl sites for hydroxylation is 1. The highest BCUT2D eigenvalue weighted by molar-refractivity contribution is 7.92. The van der Waals surface area contributed by atoms with Crippen LogP contribution in [-0.2, 0) is 32.6 Å². The molecule has 0 saturated carbocycles. The molecule has 0 aliphatic carbocycles. The Morgan fingerprint density at radius 2 is 1.49 bits per heavy atom. The van der Waals surface area contributed by atoms with Crippen LogP contribution >= 0.6 is 0 Å². The summed E-state index contributed by atoms with van der Waals surface area (Å²) in [4.78, 5) is 27.9. The fourth-order valence-electron chi connectivity index (χ4n) is 4.02. The number of likely N-dealkylation sites (N-methyl/N-ethyl adjacent to an activating group) is 1. The van der Waals surface area contributed by atoms with E-state index in [2.05, 4.69) is 5.32 Å². The fraction of sp³-hybridized carbons (Fsp3) is 0.286. The van der Waals surface area contributed by atoms with Crippen molar-refractivity contribution < 1.29 is 22.4 Å². The van der Waals surface area contributed by atoms with Gasteiger partial charge in [0.1, 0.15) is 18.4 Å². The lowest BCUT2D eigenvalue weighted by Gasteiger charge is -2.33. The molecule has 7 nitrogen and oxygen atoms in total. The molecule has 0 aromatic heterocycles. The quantitative estimate of drug-likeness (QED) is 0.408. The van der Waals surface area contributed by atoms with Gasteiger partial charge in [-0.25, -0.2) is 12.8 Å². The molecule has 0 aliphatic rings. The summed E-state index contributed by atoms with van der Waals surface area (Å²) in [7, 11) is -2.62. The van der Waals surface area contributed by atoms with Gasteiger partial charge in [0.2, 0.25) is 11.8 Å². The van der Waals surface area contributed by atoms with Gasteiger partial charge in [0, 0.05) is 13.6 Å². The first-order chi connectivity index (χ1) is 17.7. The van der Waals surface area contributed by atoms with Crippen molar-refractivity contribution in [2.45, 2.75) is 44.2 Å². The van der Waals surface area contributed by atoms with Crippen LogP contribution < -0.4 is 9.62 Å². The van der Waals surface area contributed by atoms with Crippen LogP contribution in [0.4, 0.5) is 10.1 Å². The Morgan fingerprint density at radius 3 is 2.03 bits per heavy atom. The zero-order valence-corrected chi connectivity index (χ0v) is 22.0.